The molecular weight excluding hydrogens is 393 g/mol. The molecule has 2 heterocycles. The van der Waals surface area contributed by atoms with Crippen LogP contribution in [-0.4, -0.2) is 55.1 Å². The van der Waals surface area contributed by atoms with Gasteiger partial charge in [0.05, 0.1) is 4.75 Å². The molecule has 2 rings (SSSR count). The Balaban J connectivity index is 2.18. The molecule has 3 unspecified atom stereocenters. The van der Waals surface area contributed by atoms with Crippen molar-refractivity contribution in [1.82, 2.24) is 4.90 Å². The molecule has 0 radical (unpaired) electrons. The molecule has 2 fully saturated rings. The van der Waals surface area contributed by atoms with Gasteiger partial charge >= 0.3 is 5.97 Å². The molecule has 2 aliphatic heterocycles. The molecule has 0 aliphatic carbocycles. The summed E-state index contributed by atoms with van der Waals surface area (Å²) in [6.45, 7) is 1.37. The molecular formula is C11H12Cl3N3O3S2. The molecule has 2 saturated heterocycles. The van der Waals surface area contributed by atoms with Crippen LogP contribution in [0.25, 0.3) is 0 Å². The number of ether oxygens (including phenoxy) is 1. The number of hydrogen-bond acceptors (Lipinski definition) is 7. The Labute approximate surface area is 150 Å². The van der Waals surface area contributed by atoms with Crippen molar-refractivity contribution in [1.29, 1.82) is 5.26 Å². The van der Waals surface area contributed by atoms with Crippen molar-refractivity contribution in [2.75, 3.05) is 12.4 Å². The number of esters is 1. The maximum atomic E-state index is 12.4. The fourth-order valence-corrected chi connectivity index (χ4v) is 5.05. The van der Waals surface area contributed by atoms with Gasteiger partial charge in [0.2, 0.25) is 9.70 Å². The number of nitrogens with two attached hydrogens (primary N) is 1. The summed E-state index contributed by atoms with van der Waals surface area (Å²) in [5.41, 5.74) is 5.76. The largest absolute Gasteiger partial charge is 0.460 e. The second kappa shape index (κ2) is 6.46. The Morgan fingerprint density at radius 3 is 2.82 bits per heavy atom. The Bertz CT molecular complexity index is 539. The molecule has 11 heteroatoms. The second-order valence-corrected chi connectivity index (χ2v) is 10.0. The monoisotopic (exact) mass is 403 g/mol. The summed E-state index contributed by atoms with van der Waals surface area (Å²) in [6, 6.07) is -1.51. The van der Waals surface area contributed by atoms with Gasteiger partial charge < -0.3 is 15.4 Å². The van der Waals surface area contributed by atoms with E-state index in [-0.39, 0.29) is 11.3 Å². The summed E-state index contributed by atoms with van der Waals surface area (Å²) >= 11 is 19.1. The number of amides is 1. The average molecular weight is 405 g/mol. The maximum absolute atomic E-state index is 12.4. The Hall–Kier alpha value is -0.0400. The zero-order valence-electron chi connectivity index (χ0n) is 11.3. The maximum Gasteiger partial charge on any atom is 0.330 e. The van der Waals surface area contributed by atoms with Crippen LogP contribution in [0.5, 0.6) is 0 Å². The predicted molar refractivity (Wildman–Crippen MR) is 87.7 cm³/mol. The van der Waals surface area contributed by atoms with Crippen LogP contribution >= 0.6 is 58.3 Å². The minimum absolute atomic E-state index is 0.304. The van der Waals surface area contributed by atoms with E-state index < -0.39 is 33.2 Å². The number of halogens is 3. The van der Waals surface area contributed by atoms with Crippen molar-refractivity contribution in [3.05, 3.63) is 0 Å². The number of thioether (sulfide) groups is 2. The number of hydrogen-bond donors (Lipinski definition) is 1. The van der Waals surface area contributed by atoms with Crippen LogP contribution in [0.2, 0.25) is 0 Å². The number of thiocyanates is 1. The van der Waals surface area contributed by atoms with Crippen molar-refractivity contribution in [3.63, 3.8) is 0 Å². The average Bonchev–Trinajstić information content (AvgIpc) is 2.72. The number of carbonyl (C=O) groups excluding carboxylic acids is 2. The van der Waals surface area contributed by atoms with Crippen molar-refractivity contribution in [3.8, 4) is 5.40 Å². The van der Waals surface area contributed by atoms with Crippen molar-refractivity contribution < 1.29 is 14.3 Å². The molecule has 0 aromatic rings. The van der Waals surface area contributed by atoms with Gasteiger partial charge in [0.1, 0.15) is 29.5 Å². The first-order chi connectivity index (χ1) is 10.1. The molecule has 0 spiro atoms. The highest BCUT2D eigenvalue weighted by molar-refractivity contribution is 8.06. The van der Waals surface area contributed by atoms with Gasteiger partial charge in [-0.15, -0.1) is 11.8 Å². The highest BCUT2D eigenvalue weighted by atomic mass is 35.6. The summed E-state index contributed by atoms with van der Waals surface area (Å²) < 4.78 is 2.60. The van der Waals surface area contributed by atoms with E-state index in [1.165, 1.54) is 16.7 Å². The number of carbonyl (C=O) groups is 2. The van der Waals surface area contributed by atoms with Gasteiger partial charge in [-0.2, -0.15) is 5.26 Å². The highest BCUT2D eigenvalue weighted by Crippen LogP contribution is 2.52. The van der Waals surface area contributed by atoms with Gasteiger partial charge in [-0.25, -0.2) is 4.79 Å². The van der Waals surface area contributed by atoms with Crippen molar-refractivity contribution in [2.24, 2.45) is 5.73 Å². The van der Waals surface area contributed by atoms with Gasteiger partial charge in [0.25, 0.3) is 0 Å². The normalized spacial score (nSPS) is 33.9. The summed E-state index contributed by atoms with van der Waals surface area (Å²) in [5.74, 6) is -0.643. The molecule has 6 nitrogen and oxygen atoms in total. The zero-order chi connectivity index (χ0) is 16.7. The molecule has 2 aliphatic rings. The van der Waals surface area contributed by atoms with E-state index in [9.17, 15) is 9.59 Å². The third kappa shape index (κ3) is 3.40. The first-order valence-electron chi connectivity index (χ1n) is 6.10. The topological polar surface area (TPSA) is 96.4 Å². The minimum Gasteiger partial charge on any atom is -0.460 e. The molecule has 0 bridgehead atoms. The van der Waals surface area contributed by atoms with Gasteiger partial charge in [0, 0.05) is 5.75 Å². The number of β-lactam (4-membered cyclic amide) rings is 1. The van der Waals surface area contributed by atoms with Crippen LogP contribution in [0.4, 0.5) is 0 Å². The van der Waals surface area contributed by atoms with Gasteiger partial charge in [-0.05, 0) is 18.7 Å². The molecule has 1 amide bonds. The fourth-order valence-electron chi connectivity index (χ4n) is 2.43. The van der Waals surface area contributed by atoms with Crippen molar-refractivity contribution in [2.45, 2.75) is 32.9 Å². The number of nitriles is 1. The van der Waals surface area contributed by atoms with Gasteiger partial charge in [-0.1, -0.05) is 34.8 Å². The van der Waals surface area contributed by atoms with Crippen LogP contribution in [0.1, 0.15) is 6.92 Å². The standard InChI is InChI=1S/C11H12Cl3N3O3S2/c1-10(3-21-4-15)6(9(19)20-2-11(12,13)14)17-7(18)5(16)8(17)22-10/h5-6,8H,2-3,16H2,1H3/t5?,6?,8-,10?/m1/s1. The molecule has 4 atom stereocenters. The molecule has 22 heavy (non-hydrogen) atoms. The summed E-state index contributed by atoms with van der Waals surface area (Å²) in [7, 11) is 0. The SMILES string of the molecule is CC1(CSC#N)S[C@@H]2C(N)C(=O)N2C1C(=O)OCC(Cl)(Cl)Cl. The molecule has 2 N–H and O–H groups in total. The molecule has 122 valence electrons. The third-order valence-electron chi connectivity index (χ3n) is 3.39. The Morgan fingerprint density at radius 1 is 1.64 bits per heavy atom. The highest BCUT2D eigenvalue weighted by Gasteiger charge is 2.64. The number of rotatable bonds is 4. The summed E-state index contributed by atoms with van der Waals surface area (Å²) in [6.07, 6.45) is 0. The van der Waals surface area contributed by atoms with E-state index in [1.54, 1.807) is 6.92 Å². The van der Waals surface area contributed by atoms with Crippen LogP contribution < -0.4 is 5.73 Å². The van der Waals surface area contributed by atoms with E-state index >= 15 is 0 Å². The Morgan fingerprint density at radius 2 is 2.27 bits per heavy atom. The minimum atomic E-state index is -1.73. The van der Waals surface area contributed by atoms with Crippen LogP contribution in [0, 0.1) is 10.7 Å². The number of alkyl halides is 3. The lowest BCUT2D eigenvalue weighted by atomic mass is 9.96. The Kier molecular flexibility index (Phi) is 5.37. The van der Waals surface area contributed by atoms with Gasteiger partial charge in [-0.3, -0.25) is 4.79 Å². The lowest BCUT2D eigenvalue weighted by Crippen LogP contribution is -2.69. The van der Waals surface area contributed by atoms with Crippen LogP contribution in [0.15, 0.2) is 0 Å². The van der Waals surface area contributed by atoms with E-state index in [4.69, 9.17) is 50.5 Å². The number of nitrogens with zero attached hydrogens (tertiary/aromatic N) is 2. The molecule has 0 saturated carbocycles. The fraction of sp³-hybridized carbons (Fsp3) is 0.727. The quantitative estimate of drug-likeness (QED) is 0.328. The van der Waals surface area contributed by atoms with Crippen LogP contribution in [-0.2, 0) is 14.3 Å². The van der Waals surface area contributed by atoms with E-state index in [0.717, 1.165) is 11.8 Å². The van der Waals surface area contributed by atoms with E-state index in [2.05, 4.69) is 0 Å². The van der Waals surface area contributed by atoms with E-state index in [1.807, 2.05) is 5.40 Å². The molecule has 0 aromatic carbocycles. The lowest BCUT2D eigenvalue weighted by molar-refractivity contribution is -0.162. The summed E-state index contributed by atoms with van der Waals surface area (Å²) in [5, 5.41) is 10.4. The number of fused-ring (bicyclic) bond motifs is 1. The predicted octanol–water partition coefficient (Wildman–Crippen LogP) is 1.48. The van der Waals surface area contributed by atoms with Crippen molar-refractivity contribution >= 4 is 70.2 Å². The first-order valence-corrected chi connectivity index (χ1v) is 9.10. The van der Waals surface area contributed by atoms with Gasteiger partial charge in [0.15, 0.2) is 0 Å². The zero-order valence-corrected chi connectivity index (χ0v) is 15.2. The lowest BCUT2D eigenvalue weighted by Gasteiger charge is -2.42. The van der Waals surface area contributed by atoms with Crippen LogP contribution in [0.3, 0.4) is 0 Å². The first kappa shape index (κ1) is 18.3. The second-order valence-electron chi connectivity index (χ2n) is 5.10. The molecule has 0 aromatic heterocycles. The van der Waals surface area contributed by atoms with E-state index in [0.29, 0.717) is 5.75 Å². The summed E-state index contributed by atoms with van der Waals surface area (Å²) in [4.78, 5) is 25.7. The smallest absolute Gasteiger partial charge is 0.330 e. The third-order valence-corrected chi connectivity index (χ3v) is 6.44.